The Morgan fingerprint density at radius 1 is 1.00 bits per heavy atom. The summed E-state index contributed by atoms with van der Waals surface area (Å²) in [5, 5.41) is 4.23. The van der Waals surface area contributed by atoms with Crippen LogP contribution in [0.4, 0.5) is 10.3 Å². The maximum absolute atomic E-state index is 14.1. The fraction of sp³-hybridized carbons (Fsp3) is 0.292. The highest BCUT2D eigenvalue weighted by Crippen LogP contribution is 2.34. The largest absolute Gasteiger partial charge is 0.369 e. The van der Waals surface area contributed by atoms with Crippen molar-refractivity contribution >= 4 is 17.8 Å². The van der Waals surface area contributed by atoms with Gasteiger partial charge in [-0.1, -0.05) is 61.5 Å². The molecular weight excluding hydrogens is 407 g/mol. The maximum atomic E-state index is 14.1. The van der Waals surface area contributed by atoms with E-state index in [9.17, 15) is 4.39 Å². The average molecular weight is 437 g/mol. The number of hydrogen-bond donors (Lipinski definition) is 1. The van der Waals surface area contributed by atoms with E-state index in [1.807, 2.05) is 58.3 Å². The van der Waals surface area contributed by atoms with E-state index in [4.69, 9.17) is 10.3 Å². The van der Waals surface area contributed by atoms with Crippen LogP contribution >= 0.6 is 0 Å². The van der Waals surface area contributed by atoms with E-state index in [2.05, 4.69) is 15.1 Å². The van der Waals surface area contributed by atoms with Crippen molar-refractivity contribution in [1.29, 1.82) is 0 Å². The zero-order chi connectivity index (χ0) is 23.5. The van der Waals surface area contributed by atoms with Crippen molar-refractivity contribution < 1.29 is 8.91 Å². The summed E-state index contributed by atoms with van der Waals surface area (Å²) in [5.74, 6) is 0.807. The van der Waals surface area contributed by atoms with E-state index in [1.54, 1.807) is 42.1 Å². The first kappa shape index (κ1) is 23.0. The molecular formula is C24H29FN6O. The fourth-order valence-electron chi connectivity index (χ4n) is 3.05. The molecule has 0 aliphatic heterocycles. The van der Waals surface area contributed by atoms with Crippen molar-refractivity contribution in [2.45, 2.75) is 19.3 Å². The monoisotopic (exact) mass is 436 g/mol. The summed E-state index contributed by atoms with van der Waals surface area (Å²) in [6.07, 6.45) is 0. The van der Waals surface area contributed by atoms with Gasteiger partial charge in [-0.05, 0) is 17.2 Å². The average Bonchev–Trinajstić information content (AvgIpc) is 3.23. The van der Waals surface area contributed by atoms with Gasteiger partial charge >= 0.3 is 0 Å². The summed E-state index contributed by atoms with van der Waals surface area (Å²) in [6, 6.07) is 16.3. The summed E-state index contributed by atoms with van der Waals surface area (Å²) >= 11 is 0. The van der Waals surface area contributed by atoms with Gasteiger partial charge < -0.3 is 20.1 Å². The molecule has 32 heavy (non-hydrogen) atoms. The first-order chi connectivity index (χ1) is 15.1. The molecule has 0 amide bonds. The first-order valence-corrected chi connectivity index (χ1v) is 10.2. The summed E-state index contributed by atoms with van der Waals surface area (Å²) < 4.78 is 19.6. The molecule has 0 saturated heterocycles. The number of nitrogens with zero attached hydrogens (tertiary/aromatic N) is 5. The van der Waals surface area contributed by atoms with E-state index in [1.165, 1.54) is 6.07 Å². The van der Waals surface area contributed by atoms with Gasteiger partial charge in [0.2, 0.25) is 5.96 Å². The smallest absolute Gasteiger partial charge is 0.253 e. The Morgan fingerprint density at radius 3 is 2.25 bits per heavy atom. The second-order valence-corrected chi connectivity index (χ2v) is 8.40. The van der Waals surface area contributed by atoms with Crippen molar-refractivity contribution in [3.63, 3.8) is 0 Å². The van der Waals surface area contributed by atoms with Gasteiger partial charge in [-0.15, -0.1) is 0 Å². The van der Waals surface area contributed by atoms with E-state index in [0.717, 1.165) is 16.8 Å². The van der Waals surface area contributed by atoms with Gasteiger partial charge in [-0.3, -0.25) is 0 Å². The number of aliphatic imine (C=N–C) groups is 2. The van der Waals surface area contributed by atoms with E-state index in [-0.39, 0.29) is 5.82 Å². The molecule has 2 aromatic carbocycles. The minimum absolute atomic E-state index is 0.243. The molecule has 0 unspecified atom stereocenters. The Balaban J connectivity index is 1.89. The van der Waals surface area contributed by atoms with Crippen LogP contribution < -0.4 is 5.73 Å². The van der Waals surface area contributed by atoms with Crippen molar-refractivity contribution in [1.82, 2.24) is 15.0 Å². The van der Waals surface area contributed by atoms with Crippen molar-refractivity contribution in [3.8, 4) is 11.1 Å². The lowest BCUT2D eigenvalue weighted by Crippen LogP contribution is -2.33. The van der Waals surface area contributed by atoms with E-state index < -0.39 is 5.41 Å². The van der Waals surface area contributed by atoms with Gasteiger partial charge in [0, 0.05) is 45.2 Å². The molecule has 7 nitrogen and oxygen atoms in total. The highest BCUT2D eigenvalue weighted by molar-refractivity contribution is 5.94. The Hall–Kier alpha value is -3.68. The molecule has 0 spiro atoms. The van der Waals surface area contributed by atoms with Crippen LogP contribution in [0.3, 0.4) is 0 Å². The molecule has 0 aliphatic rings. The Labute approximate surface area is 188 Å². The third-order valence-corrected chi connectivity index (χ3v) is 5.21. The predicted octanol–water partition coefficient (Wildman–Crippen LogP) is 4.23. The van der Waals surface area contributed by atoms with Gasteiger partial charge in [0.1, 0.15) is 5.82 Å². The van der Waals surface area contributed by atoms with Crippen LogP contribution in [-0.2, 0) is 5.41 Å². The normalized spacial score (nSPS) is 12.7. The first-order valence-electron chi connectivity index (χ1n) is 10.2. The van der Waals surface area contributed by atoms with Crippen LogP contribution in [0.1, 0.15) is 25.1 Å². The molecule has 3 aromatic rings. The second kappa shape index (κ2) is 9.21. The molecule has 0 bridgehead atoms. The zero-order valence-corrected chi connectivity index (χ0v) is 19.3. The number of benzene rings is 2. The van der Waals surface area contributed by atoms with Gasteiger partial charge in [-0.25, -0.2) is 4.39 Å². The number of nitrogens with two attached hydrogens (primary N) is 1. The number of hydrogen-bond acceptors (Lipinski definition) is 3. The Morgan fingerprint density at radius 2 is 1.66 bits per heavy atom. The van der Waals surface area contributed by atoms with Crippen LogP contribution in [0.2, 0.25) is 0 Å². The summed E-state index contributed by atoms with van der Waals surface area (Å²) in [7, 11) is 7.25. The molecule has 3 rings (SSSR count). The Kier molecular flexibility index (Phi) is 6.62. The minimum Gasteiger partial charge on any atom is -0.369 e. The summed E-state index contributed by atoms with van der Waals surface area (Å²) in [6.45, 7) is 4.09. The second-order valence-electron chi connectivity index (χ2n) is 8.40. The van der Waals surface area contributed by atoms with Crippen molar-refractivity contribution in [2.75, 3.05) is 28.2 Å². The number of aromatic nitrogens is 1. The van der Waals surface area contributed by atoms with Crippen LogP contribution in [0.25, 0.3) is 11.1 Å². The lowest BCUT2D eigenvalue weighted by molar-refractivity contribution is 0.406. The van der Waals surface area contributed by atoms with E-state index in [0.29, 0.717) is 23.4 Å². The summed E-state index contributed by atoms with van der Waals surface area (Å²) in [4.78, 5) is 12.2. The highest BCUT2D eigenvalue weighted by atomic mass is 19.1. The highest BCUT2D eigenvalue weighted by Gasteiger charge is 2.27. The van der Waals surface area contributed by atoms with Crippen molar-refractivity contribution in [2.24, 2.45) is 15.7 Å². The molecule has 0 atom stereocenters. The third kappa shape index (κ3) is 4.96. The number of halogens is 1. The van der Waals surface area contributed by atoms with Gasteiger partial charge in [0.25, 0.3) is 5.88 Å². The van der Waals surface area contributed by atoms with E-state index >= 15 is 0 Å². The van der Waals surface area contributed by atoms with Crippen LogP contribution in [0.15, 0.2) is 69.1 Å². The molecule has 0 fully saturated rings. The molecule has 0 radical (unpaired) electrons. The SMILES string of the molecule is CN(C)C(=N/c1cc(C(C)(C)c2ccc(-c3ccccc3F)cc2)no1)/N=C(\N)N(C)C. The van der Waals surface area contributed by atoms with Crippen LogP contribution in [0.5, 0.6) is 0 Å². The molecule has 0 saturated carbocycles. The third-order valence-electron chi connectivity index (χ3n) is 5.21. The predicted molar refractivity (Wildman–Crippen MR) is 127 cm³/mol. The van der Waals surface area contributed by atoms with Crippen LogP contribution in [0, 0.1) is 5.82 Å². The standard InChI is InChI=1S/C24H29FN6O/c1-24(2,17-13-11-16(12-14-17)18-9-7-8-10-19(18)25)20-15-21(32-29-20)27-23(31(5)6)28-22(26)30(3)4/h7-15H,1-6H3,(H2,26,27,28). The molecule has 2 N–H and O–H groups in total. The van der Waals surface area contributed by atoms with Gasteiger partial charge in [-0.2, -0.15) is 9.98 Å². The lowest BCUT2D eigenvalue weighted by Gasteiger charge is -2.22. The zero-order valence-electron chi connectivity index (χ0n) is 19.3. The maximum Gasteiger partial charge on any atom is 0.253 e. The number of rotatable bonds is 4. The van der Waals surface area contributed by atoms with Gasteiger partial charge in [0.05, 0.1) is 5.69 Å². The molecule has 168 valence electrons. The lowest BCUT2D eigenvalue weighted by atomic mass is 9.81. The topological polar surface area (TPSA) is 83.2 Å². The molecule has 0 aliphatic carbocycles. The quantitative estimate of drug-likeness (QED) is 0.489. The van der Waals surface area contributed by atoms with Crippen LogP contribution in [-0.4, -0.2) is 55.1 Å². The molecule has 1 aromatic heterocycles. The number of guanidine groups is 2. The minimum atomic E-state index is -0.449. The Bertz CT molecular complexity index is 1130. The van der Waals surface area contributed by atoms with Crippen molar-refractivity contribution in [3.05, 3.63) is 71.7 Å². The van der Waals surface area contributed by atoms with Gasteiger partial charge in [0.15, 0.2) is 5.96 Å². The fourth-order valence-corrected chi connectivity index (χ4v) is 3.05. The molecule has 8 heteroatoms. The summed E-state index contributed by atoms with van der Waals surface area (Å²) in [5.41, 5.74) is 8.60. The molecule has 1 heterocycles.